The first-order valence-electron chi connectivity index (χ1n) is 6.81. The standard InChI is InChI=1S/C6H14.4C2H6.Y/c1-4-6(3)5-2;4*1-2;/h6H,4-5H2,1-3H3;4*1-2H3;. The van der Waals surface area contributed by atoms with Gasteiger partial charge in [-0.1, -0.05) is 89.0 Å². The summed E-state index contributed by atoms with van der Waals surface area (Å²) < 4.78 is 0. The van der Waals surface area contributed by atoms with Crippen LogP contribution in [-0.2, 0) is 32.7 Å². The van der Waals surface area contributed by atoms with Crippen LogP contribution in [0.25, 0.3) is 0 Å². The Morgan fingerprint density at radius 2 is 0.733 bits per heavy atom. The molecule has 0 fully saturated rings. The number of rotatable bonds is 2. The quantitative estimate of drug-likeness (QED) is 0.542. The maximum Gasteiger partial charge on any atom is 0 e. The van der Waals surface area contributed by atoms with Crippen molar-refractivity contribution in [3.8, 4) is 0 Å². The Morgan fingerprint density at radius 1 is 0.600 bits per heavy atom. The Balaban J connectivity index is -0.0000000194. The molecule has 0 spiro atoms. The van der Waals surface area contributed by atoms with E-state index in [2.05, 4.69) is 20.8 Å². The van der Waals surface area contributed by atoms with Gasteiger partial charge < -0.3 is 0 Å². The molecule has 0 N–H and O–H groups in total. The van der Waals surface area contributed by atoms with Crippen molar-refractivity contribution in [1.82, 2.24) is 0 Å². The van der Waals surface area contributed by atoms with E-state index in [1.807, 2.05) is 55.4 Å². The smallest absolute Gasteiger partial charge is 0 e. The fourth-order valence-corrected chi connectivity index (χ4v) is 0.289. The Hall–Kier alpha value is 1.10. The molecule has 0 atom stereocenters. The first kappa shape index (κ1) is 36.0. The van der Waals surface area contributed by atoms with E-state index in [4.69, 9.17) is 0 Å². The van der Waals surface area contributed by atoms with Crippen LogP contribution in [0.4, 0.5) is 0 Å². The molecule has 0 aliphatic carbocycles. The Morgan fingerprint density at radius 3 is 0.733 bits per heavy atom. The van der Waals surface area contributed by atoms with E-state index in [-0.39, 0.29) is 32.7 Å². The third kappa shape index (κ3) is 99.6. The fraction of sp³-hybridized carbons (Fsp3) is 1.00. The van der Waals surface area contributed by atoms with Crippen molar-refractivity contribution in [2.75, 3.05) is 0 Å². The van der Waals surface area contributed by atoms with Crippen molar-refractivity contribution in [3.63, 3.8) is 0 Å². The van der Waals surface area contributed by atoms with Crippen LogP contribution in [0.3, 0.4) is 0 Å². The summed E-state index contributed by atoms with van der Waals surface area (Å²) in [6.07, 6.45) is 2.66. The third-order valence-electron chi connectivity index (χ3n) is 1.39. The van der Waals surface area contributed by atoms with Crippen molar-refractivity contribution in [2.45, 2.75) is 89.0 Å². The van der Waals surface area contributed by atoms with Crippen LogP contribution in [0.1, 0.15) is 89.0 Å². The molecular weight excluding hydrogens is 257 g/mol. The molecule has 0 aliphatic heterocycles. The molecule has 0 amide bonds. The Labute approximate surface area is 127 Å². The molecule has 0 bridgehead atoms. The summed E-state index contributed by atoms with van der Waals surface area (Å²) >= 11 is 0. The van der Waals surface area contributed by atoms with Crippen molar-refractivity contribution in [3.05, 3.63) is 0 Å². The van der Waals surface area contributed by atoms with E-state index in [1.165, 1.54) is 12.8 Å². The molecule has 0 unspecified atom stereocenters. The van der Waals surface area contributed by atoms with Crippen LogP contribution in [0.2, 0.25) is 0 Å². The summed E-state index contributed by atoms with van der Waals surface area (Å²) in [7, 11) is 0. The molecule has 0 aromatic carbocycles. The molecule has 0 saturated heterocycles. The normalized spacial score (nSPS) is 5.60. The van der Waals surface area contributed by atoms with Gasteiger partial charge in [-0.25, -0.2) is 0 Å². The second kappa shape index (κ2) is 80.6. The van der Waals surface area contributed by atoms with Crippen molar-refractivity contribution in [2.24, 2.45) is 5.92 Å². The maximum absolute atomic E-state index is 2.28. The predicted molar refractivity (Wildman–Crippen MR) is 75.1 cm³/mol. The molecule has 0 heterocycles. The fourth-order valence-electron chi connectivity index (χ4n) is 0.289. The number of hydrogen-bond acceptors (Lipinski definition) is 0. The topological polar surface area (TPSA) is 0 Å². The van der Waals surface area contributed by atoms with Gasteiger partial charge in [0.1, 0.15) is 0 Å². The summed E-state index contributed by atoms with van der Waals surface area (Å²) in [5, 5.41) is 0. The van der Waals surface area contributed by atoms with Crippen molar-refractivity contribution < 1.29 is 32.7 Å². The van der Waals surface area contributed by atoms with Crippen LogP contribution >= 0.6 is 0 Å². The van der Waals surface area contributed by atoms with Gasteiger partial charge in [0.2, 0.25) is 0 Å². The Kier molecular flexibility index (Phi) is 193. The van der Waals surface area contributed by atoms with E-state index >= 15 is 0 Å². The zero-order valence-electron chi connectivity index (χ0n) is 13.6. The van der Waals surface area contributed by atoms with E-state index in [9.17, 15) is 0 Å². The van der Waals surface area contributed by atoms with Crippen LogP contribution in [0.15, 0.2) is 0 Å². The largest absolute Gasteiger partial charge is 0.0683 e. The average molecular weight is 295 g/mol. The SMILES string of the molecule is CC.CC.CC.CC.CCC(C)CC.[Y]. The van der Waals surface area contributed by atoms with Crippen LogP contribution < -0.4 is 0 Å². The second-order valence-corrected chi connectivity index (χ2v) is 1.92. The molecule has 15 heavy (non-hydrogen) atoms. The monoisotopic (exact) mass is 295 g/mol. The van der Waals surface area contributed by atoms with Gasteiger partial charge in [-0.05, 0) is 5.92 Å². The van der Waals surface area contributed by atoms with Gasteiger partial charge in [0, 0.05) is 32.7 Å². The van der Waals surface area contributed by atoms with Gasteiger partial charge >= 0.3 is 0 Å². The first-order chi connectivity index (χ1) is 6.81. The molecule has 0 aromatic rings. The van der Waals surface area contributed by atoms with Gasteiger partial charge in [0.15, 0.2) is 0 Å². The third-order valence-corrected chi connectivity index (χ3v) is 1.39. The zero-order valence-corrected chi connectivity index (χ0v) is 16.4. The van der Waals surface area contributed by atoms with E-state index in [1.54, 1.807) is 0 Å². The molecule has 0 nitrogen and oxygen atoms in total. The summed E-state index contributed by atoms with van der Waals surface area (Å²) in [6.45, 7) is 22.7. The van der Waals surface area contributed by atoms with E-state index in [0.717, 1.165) is 5.92 Å². The van der Waals surface area contributed by atoms with Gasteiger partial charge in [0.05, 0.1) is 0 Å². The summed E-state index contributed by atoms with van der Waals surface area (Å²) in [4.78, 5) is 0. The van der Waals surface area contributed by atoms with Gasteiger partial charge in [0.25, 0.3) is 0 Å². The maximum atomic E-state index is 2.28. The van der Waals surface area contributed by atoms with Crippen molar-refractivity contribution in [1.29, 1.82) is 0 Å². The zero-order chi connectivity index (χ0) is 13.0. The summed E-state index contributed by atoms with van der Waals surface area (Å²) in [6, 6.07) is 0. The molecule has 0 rings (SSSR count). The van der Waals surface area contributed by atoms with Gasteiger partial charge in [-0.2, -0.15) is 0 Å². The minimum Gasteiger partial charge on any atom is -0.0683 e. The van der Waals surface area contributed by atoms with Crippen LogP contribution in [0, 0.1) is 5.92 Å². The second-order valence-electron chi connectivity index (χ2n) is 1.92. The summed E-state index contributed by atoms with van der Waals surface area (Å²) in [5.41, 5.74) is 0. The van der Waals surface area contributed by atoms with Crippen LogP contribution in [0.5, 0.6) is 0 Å². The van der Waals surface area contributed by atoms with E-state index < -0.39 is 0 Å². The first-order valence-corrected chi connectivity index (χ1v) is 6.81. The predicted octanol–water partition coefficient (Wildman–Crippen LogP) is 6.54. The average Bonchev–Trinajstić information content (AvgIpc) is 2.38. The molecule has 97 valence electrons. The van der Waals surface area contributed by atoms with Gasteiger partial charge in [-0.3, -0.25) is 0 Å². The molecule has 1 radical (unpaired) electrons. The summed E-state index contributed by atoms with van der Waals surface area (Å²) in [5.74, 6) is 0.935. The Bertz CT molecular complexity index is 24.5. The van der Waals surface area contributed by atoms with Crippen molar-refractivity contribution >= 4 is 0 Å². The molecular formula is C14H38Y. The minimum absolute atomic E-state index is 0. The van der Waals surface area contributed by atoms with Crippen LogP contribution in [-0.4, -0.2) is 0 Å². The molecule has 0 aromatic heterocycles. The van der Waals surface area contributed by atoms with E-state index in [0.29, 0.717) is 0 Å². The minimum atomic E-state index is 0. The molecule has 0 saturated carbocycles. The van der Waals surface area contributed by atoms with Gasteiger partial charge in [-0.15, -0.1) is 0 Å². The molecule has 1 heteroatoms. The molecule has 0 aliphatic rings. The number of hydrogen-bond donors (Lipinski definition) is 0.